The fourth-order valence-electron chi connectivity index (χ4n) is 1.18. The van der Waals surface area contributed by atoms with E-state index < -0.39 is 10.0 Å². The molecule has 17 heavy (non-hydrogen) atoms. The summed E-state index contributed by atoms with van der Waals surface area (Å²) in [5.41, 5.74) is 0.630. The van der Waals surface area contributed by atoms with Crippen molar-refractivity contribution in [3.63, 3.8) is 0 Å². The van der Waals surface area contributed by atoms with Gasteiger partial charge in [-0.05, 0) is 31.2 Å². The average Bonchev–Trinajstić information content (AvgIpc) is 2.64. The number of nitrogens with one attached hydrogen (secondary N) is 1. The lowest BCUT2D eigenvalue weighted by molar-refractivity contribution is 0.422. The highest BCUT2D eigenvalue weighted by Crippen LogP contribution is 2.19. The molecular formula is C10H9BrN2O3S. The van der Waals surface area contributed by atoms with Gasteiger partial charge in [0, 0.05) is 10.0 Å². The second kappa shape index (κ2) is 4.50. The van der Waals surface area contributed by atoms with Crippen molar-refractivity contribution in [2.45, 2.75) is 11.8 Å². The summed E-state index contributed by atoms with van der Waals surface area (Å²) in [6, 6.07) is 6.32. The molecule has 0 atom stereocenters. The second-order valence-electron chi connectivity index (χ2n) is 3.41. The van der Waals surface area contributed by atoms with E-state index in [0.717, 1.165) is 4.47 Å². The van der Waals surface area contributed by atoms with Gasteiger partial charge >= 0.3 is 0 Å². The molecule has 90 valence electrons. The quantitative estimate of drug-likeness (QED) is 0.944. The summed E-state index contributed by atoms with van der Waals surface area (Å²) in [7, 11) is -3.62. The molecule has 0 radical (unpaired) electrons. The van der Waals surface area contributed by atoms with Crippen LogP contribution in [0.15, 0.2) is 44.4 Å². The molecule has 0 saturated heterocycles. The van der Waals surface area contributed by atoms with E-state index in [1.165, 1.54) is 18.4 Å². The van der Waals surface area contributed by atoms with Gasteiger partial charge in [0.05, 0.1) is 4.90 Å². The van der Waals surface area contributed by atoms with Gasteiger partial charge < -0.3 is 4.52 Å². The summed E-state index contributed by atoms with van der Waals surface area (Å²) in [6.45, 7) is 1.70. The van der Waals surface area contributed by atoms with Crippen LogP contribution in [0.2, 0.25) is 0 Å². The molecular weight excluding hydrogens is 308 g/mol. The predicted molar refractivity (Wildman–Crippen MR) is 66.2 cm³/mol. The monoisotopic (exact) mass is 316 g/mol. The number of halogens is 1. The van der Waals surface area contributed by atoms with Crippen LogP contribution in [0, 0.1) is 6.92 Å². The standard InChI is InChI=1S/C10H9BrN2O3S/c1-7-6-16-12-10(7)13-17(14,15)9-4-2-8(11)3-5-9/h2-6H,1H3,(H,12,13). The van der Waals surface area contributed by atoms with Gasteiger partial charge in [-0.25, -0.2) is 8.42 Å². The maximum Gasteiger partial charge on any atom is 0.263 e. The molecule has 0 fully saturated rings. The third kappa shape index (κ3) is 2.67. The minimum atomic E-state index is -3.62. The summed E-state index contributed by atoms with van der Waals surface area (Å²) in [4.78, 5) is 0.170. The van der Waals surface area contributed by atoms with Gasteiger partial charge in [0.1, 0.15) is 6.26 Å². The summed E-state index contributed by atoms with van der Waals surface area (Å²) >= 11 is 3.24. The van der Waals surface area contributed by atoms with Gasteiger partial charge in [-0.15, -0.1) is 0 Å². The van der Waals surface area contributed by atoms with Crippen LogP contribution in [0.1, 0.15) is 5.56 Å². The first-order chi connectivity index (χ1) is 7.99. The predicted octanol–water partition coefficient (Wildman–Crippen LogP) is 2.55. The molecule has 5 nitrogen and oxygen atoms in total. The van der Waals surface area contributed by atoms with Crippen LogP contribution in [-0.4, -0.2) is 13.6 Å². The van der Waals surface area contributed by atoms with Crippen molar-refractivity contribution in [1.82, 2.24) is 5.16 Å². The third-order valence-electron chi connectivity index (χ3n) is 2.10. The second-order valence-corrected chi connectivity index (χ2v) is 6.00. The third-order valence-corrected chi connectivity index (χ3v) is 3.99. The Morgan fingerprint density at radius 3 is 2.47 bits per heavy atom. The van der Waals surface area contributed by atoms with Gasteiger partial charge in [-0.3, -0.25) is 4.72 Å². The molecule has 1 aromatic heterocycles. The minimum Gasteiger partial charge on any atom is -0.362 e. The first kappa shape index (κ1) is 12.1. The highest BCUT2D eigenvalue weighted by atomic mass is 79.9. The lowest BCUT2D eigenvalue weighted by Crippen LogP contribution is -2.13. The zero-order chi connectivity index (χ0) is 12.5. The van der Waals surface area contributed by atoms with Crippen LogP contribution in [0.25, 0.3) is 0 Å². The Morgan fingerprint density at radius 1 is 1.29 bits per heavy atom. The number of rotatable bonds is 3. The molecule has 1 aromatic carbocycles. The molecule has 0 aliphatic rings. The fourth-order valence-corrected chi connectivity index (χ4v) is 2.51. The van der Waals surface area contributed by atoms with Crippen LogP contribution >= 0.6 is 15.9 Å². The van der Waals surface area contributed by atoms with Crippen LogP contribution in [0.3, 0.4) is 0 Å². The molecule has 0 aliphatic carbocycles. The van der Waals surface area contributed by atoms with E-state index in [1.54, 1.807) is 19.1 Å². The van der Waals surface area contributed by atoms with E-state index in [1.807, 2.05) is 0 Å². The molecule has 0 saturated carbocycles. The number of hydrogen-bond donors (Lipinski definition) is 1. The van der Waals surface area contributed by atoms with Crippen molar-refractivity contribution >= 4 is 31.8 Å². The molecule has 1 N–H and O–H groups in total. The average molecular weight is 317 g/mol. The molecule has 0 unspecified atom stereocenters. The van der Waals surface area contributed by atoms with E-state index in [4.69, 9.17) is 0 Å². The zero-order valence-electron chi connectivity index (χ0n) is 8.84. The van der Waals surface area contributed by atoms with Crippen LogP contribution < -0.4 is 4.72 Å². The van der Waals surface area contributed by atoms with E-state index in [9.17, 15) is 8.42 Å². The van der Waals surface area contributed by atoms with Gasteiger partial charge in [-0.2, -0.15) is 0 Å². The van der Waals surface area contributed by atoms with Crippen molar-refractivity contribution in [3.05, 3.63) is 40.6 Å². The Hall–Kier alpha value is -1.34. The number of hydrogen-bond acceptors (Lipinski definition) is 4. The van der Waals surface area contributed by atoms with Crippen molar-refractivity contribution < 1.29 is 12.9 Å². The maximum absolute atomic E-state index is 12.0. The topological polar surface area (TPSA) is 72.2 Å². The molecule has 0 spiro atoms. The van der Waals surface area contributed by atoms with E-state index in [-0.39, 0.29) is 10.7 Å². The number of anilines is 1. The first-order valence-electron chi connectivity index (χ1n) is 4.68. The Bertz CT molecular complexity index is 619. The van der Waals surface area contributed by atoms with Crippen LogP contribution in [0.5, 0.6) is 0 Å². The lowest BCUT2D eigenvalue weighted by atomic mass is 10.4. The molecule has 0 bridgehead atoms. The SMILES string of the molecule is Cc1conc1NS(=O)(=O)c1ccc(Br)cc1. The zero-order valence-corrected chi connectivity index (χ0v) is 11.2. The van der Waals surface area contributed by atoms with E-state index in [2.05, 4.69) is 30.3 Å². The fraction of sp³-hybridized carbons (Fsp3) is 0.100. The smallest absolute Gasteiger partial charge is 0.263 e. The Balaban J connectivity index is 2.31. The van der Waals surface area contributed by atoms with Gasteiger partial charge in [-0.1, -0.05) is 21.1 Å². The Kier molecular flexibility index (Phi) is 3.21. The molecule has 0 aliphatic heterocycles. The summed E-state index contributed by atoms with van der Waals surface area (Å²) in [5.74, 6) is 0.202. The van der Waals surface area contributed by atoms with Gasteiger partial charge in [0.2, 0.25) is 0 Å². The highest BCUT2D eigenvalue weighted by molar-refractivity contribution is 9.10. The Morgan fingerprint density at radius 2 is 1.94 bits per heavy atom. The lowest BCUT2D eigenvalue weighted by Gasteiger charge is -2.05. The number of aryl methyl sites for hydroxylation is 1. The Labute approximate surface area is 107 Å². The maximum atomic E-state index is 12.0. The van der Waals surface area contributed by atoms with Crippen LogP contribution in [-0.2, 0) is 10.0 Å². The number of sulfonamides is 1. The summed E-state index contributed by atoms with van der Waals surface area (Å²) < 4.78 is 31.7. The number of aromatic nitrogens is 1. The number of benzene rings is 1. The first-order valence-corrected chi connectivity index (χ1v) is 6.96. The largest absolute Gasteiger partial charge is 0.362 e. The molecule has 2 aromatic rings. The highest BCUT2D eigenvalue weighted by Gasteiger charge is 2.16. The van der Waals surface area contributed by atoms with E-state index >= 15 is 0 Å². The van der Waals surface area contributed by atoms with Crippen molar-refractivity contribution in [1.29, 1.82) is 0 Å². The normalized spacial score (nSPS) is 11.4. The van der Waals surface area contributed by atoms with Crippen molar-refractivity contribution in [2.75, 3.05) is 4.72 Å². The number of nitrogens with zero attached hydrogens (tertiary/aromatic N) is 1. The molecule has 1 heterocycles. The summed E-state index contributed by atoms with van der Waals surface area (Å²) in [5, 5.41) is 3.57. The van der Waals surface area contributed by atoms with E-state index in [0.29, 0.717) is 5.56 Å². The molecule has 7 heteroatoms. The summed E-state index contributed by atoms with van der Waals surface area (Å²) in [6.07, 6.45) is 1.37. The van der Waals surface area contributed by atoms with Crippen molar-refractivity contribution in [3.8, 4) is 0 Å². The van der Waals surface area contributed by atoms with Gasteiger partial charge in [0.15, 0.2) is 5.82 Å². The molecule has 0 amide bonds. The van der Waals surface area contributed by atoms with Crippen molar-refractivity contribution in [2.24, 2.45) is 0 Å². The minimum absolute atomic E-state index is 0.170. The van der Waals surface area contributed by atoms with Crippen LogP contribution in [0.4, 0.5) is 5.82 Å². The van der Waals surface area contributed by atoms with Gasteiger partial charge in [0.25, 0.3) is 10.0 Å². The molecule has 2 rings (SSSR count).